The van der Waals surface area contributed by atoms with E-state index in [1.807, 2.05) is 46.0 Å². The van der Waals surface area contributed by atoms with Crippen molar-refractivity contribution in [1.29, 1.82) is 0 Å². The van der Waals surface area contributed by atoms with Crippen molar-refractivity contribution in [2.75, 3.05) is 6.54 Å². The number of carbonyl (C=O) groups excluding carboxylic acids is 2. The minimum atomic E-state index is -0.0476. The fourth-order valence-corrected chi connectivity index (χ4v) is 4.06. The van der Waals surface area contributed by atoms with E-state index in [1.165, 1.54) is 12.8 Å². The molecule has 2 amide bonds. The molecule has 1 saturated carbocycles. The van der Waals surface area contributed by atoms with Crippen LogP contribution in [0.15, 0.2) is 36.5 Å². The zero-order chi connectivity index (χ0) is 18.6. The van der Waals surface area contributed by atoms with Gasteiger partial charge in [0.15, 0.2) is 5.82 Å². The Morgan fingerprint density at radius 3 is 2.70 bits per heavy atom. The number of rotatable bonds is 6. The summed E-state index contributed by atoms with van der Waals surface area (Å²) < 4.78 is 1.91. The van der Waals surface area contributed by atoms with E-state index in [1.54, 1.807) is 0 Å². The number of imidazole rings is 1. The smallest absolute Gasteiger partial charge is 0.290 e. The lowest BCUT2D eigenvalue weighted by molar-refractivity contribution is -0.122. The number of fused-ring (bicyclic) bond motifs is 1. The molecule has 1 aromatic carbocycles. The Labute approximate surface area is 159 Å². The first-order chi connectivity index (χ1) is 13.2. The number of hydrogen-bond donors (Lipinski definition) is 1. The summed E-state index contributed by atoms with van der Waals surface area (Å²) in [6, 6.07) is 10.00. The summed E-state index contributed by atoms with van der Waals surface area (Å²) in [5.41, 5.74) is 1.87. The van der Waals surface area contributed by atoms with Crippen LogP contribution in [0.1, 0.15) is 54.0 Å². The van der Waals surface area contributed by atoms with Gasteiger partial charge in [0.2, 0.25) is 5.91 Å². The number of aromatic nitrogens is 2. The number of nitrogens with one attached hydrogen (secondary N) is 1. The molecule has 1 aromatic heterocycles. The molecule has 2 aliphatic rings. The summed E-state index contributed by atoms with van der Waals surface area (Å²) in [6.07, 6.45) is 7.32. The number of benzene rings is 1. The Hall–Kier alpha value is -2.63. The van der Waals surface area contributed by atoms with Crippen molar-refractivity contribution in [3.8, 4) is 0 Å². The third-order valence-electron chi connectivity index (χ3n) is 5.55. The van der Waals surface area contributed by atoms with Crippen LogP contribution in [-0.2, 0) is 24.4 Å². The molecule has 0 atom stereocenters. The molecule has 0 radical (unpaired) electrons. The summed E-state index contributed by atoms with van der Waals surface area (Å²) in [5.74, 6) is 1.05. The van der Waals surface area contributed by atoms with E-state index in [4.69, 9.17) is 0 Å². The van der Waals surface area contributed by atoms with E-state index in [0.717, 1.165) is 30.6 Å². The van der Waals surface area contributed by atoms with Gasteiger partial charge in [0.25, 0.3) is 5.91 Å². The van der Waals surface area contributed by atoms with Crippen molar-refractivity contribution in [3.63, 3.8) is 0 Å². The van der Waals surface area contributed by atoms with E-state index >= 15 is 0 Å². The Kier molecular flexibility index (Phi) is 5.23. The van der Waals surface area contributed by atoms with E-state index < -0.39 is 0 Å². The highest BCUT2D eigenvalue weighted by Gasteiger charge is 2.27. The zero-order valence-corrected chi connectivity index (χ0v) is 15.6. The number of amides is 2. The minimum absolute atomic E-state index is 0.0476. The molecule has 1 N–H and O–H groups in total. The van der Waals surface area contributed by atoms with Crippen LogP contribution >= 0.6 is 0 Å². The molecule has 0 bridgehead atoms. The molecule has 1 fully saturated rings. The molecular formula is C21H26N4O2. The summed E-state index contributed by atoms with van der Waals surface area (Å²) >= 11 is 0. The van der Waals surface area contributed by atoms with Crippen molar-refractivity contribution in [2.45, 2.75) is 51.7 Å². The first-order valence-electron chi connectivity index (χ1n) is 9.85. The van der Waals surface area contributed by atoms with E-state index in [-0.39, 0.29) is 11.8 Å². The summed E-state index contributed by atoms with van der Waals surface area (Å²) in [4.78, 5) is 31.2. The van der Waals surface area contributed by atoms with E-state index in [2.05, 4.69) is 10.3 Å². The van der Waals surface area contributed by atoms with Gasteiger partial charge in [-0.3, -0.25) is 9.59 Å². The lowest BCUT2D eigenvalue weighted by Gasteiger charge is -2.27. The molecule has 0 unspecified atom stereocenters. The van der Waals surface area contributed by atoms with Crippen molar-refractivity contribution >= 4 is 11.8 Å². The van der Waals surface area contributed by atoms with Gasteiger partial charge in [0.1, 0.15) is 0 Å². The number of hydrogen-bond acceptors (Lipinski definition) is 3. The summed E-state index contributed by atoms with van der Waals surface area (Å²) in [7, 11) is 0. The lowest BCUT2D eigenvalue weighted by Crippen LogP contribution is -2.39. The van der Waals surface area contributed by atoms with Crippen LogP contribution in [0.25, 0.3) is 0 Å². The maximum Gasteiger partial charge on any atom is 0.290 e. The second kappa shape index (κ2) is 7.94. The Balaban J connectivity index is 1.35. The van der Waals surface area contributed by atoms with Gasteiger partial charge in [-0.15, -0.1) is 0 Å². The predicted molar refractivity (Wildman–Crippen MR) is 102 cm³/mol. The largest absolute Gasteiger partial charge is 0.350 e. The SMILES string of the molecule is O=C(CC1CCCC1)NCc1cn2c(n1)C(=O)N(Cc1ccccc1)CC2. The zero-order valence-electron chi connectivity index (χ0n) is 15.6. The molecule has 142 valence electrons. The highest BCUT2D eigenvalue weighted by Crippen LogP contribution is 2.27. The Morgan fingerprint density at radius 1 is 1.15 bits per heavy atom. The number of nitrogens with zero attached hydrogens (tertiary/aromatic N) is 3. The normalized spacial score (nSPS) is 17.2. The van der Waals surface area contributed by atoms with Crippen LogP contribution in [0.4, 0.5) is 0 Å². The van der Waals surface area contributed by atoms with Gasteiger partial charge in [0.05, 0.1) is 12.2 Å². The average Bonchev–Trinajstić information content (AvgIpc) is 3.33. The van der Waals surface area contributed by atoms with Gasteiger partial charge in [-0.05, 0) is 24.3 Å². The van der Waals surface area contributed by atoms with Crippen LogP contribution in [0.3, 0.4) is 0 Å². The van der Waals surface area contributed by atoms with Crippen LogP contribution < -0.4 is 5.32 Å². The predicted octanol–water partition coefficient (Wildman–Crippen LogP) is 2.74. The monoisotopic (exact) mass is 366 g/mol. The van der Waals surface area contributed by atoms with Gasteiger partial charge >= 0.3 is 0 Å². The molecule has 1 aliphatic carbocycles. The number of carbonyl (C=O) groups is 2. The summed E-state index contributed by atoms with van der Waals surface area (Å²) in [6.45, 7) is 2.39. The van der Waals surface area contributed by atoms with Gasteiger partial charge < -0.3 is 14.8 Å². The highest BCUT2D eigenvalue weighted by molar-refractivity contribution is 5.91. The molecule has 0 spiro atoms. The van der Waals surface area contributed by atoms with Crippen molar-refractivity contribution in [3.05, 3.63) is 53.6 Å². The molecule has 27 heavy (non-hydrogen) atoms. The van der Waals surface area contributed by atoms with Crippen LogP contribution in [0, 0.1) is 5.92 Å². The topological polar surface area (TPSA) is 67.2 Å². The molecule has 4 rings (SSSR count). The Bertz CT molecular complexity index is 809. The fraction of sp³-hybridized carbons (Fsp3) is 0.476. The maximum atomic E-state index is 12.8. The van der Waals surface area contributed by atoms with E-state index in [9.17, 15) is 9.59 Å². The summed E-state index contributed by atoms with van der Waals surface area (Å²) in [5, 5.41) is 2.96. The fourth-order valence-electron chi connectivity index (χ4n) is 4.06. The third-order valence-corrected chi connectivity index (χ3v) is 5.55. The van der Waals surface area contributed by atoms with Crippen molar-refractivity contribution in [1.82, 2.24) is 19.8 Å². The van der Waals surface area contributed by atoms with Crippen LogP contribution in [0.5, 0.6) is 0 Å². The average molecular weight is 366 g/mol. The van der Waals surface area contributed by atoms with Crippen molar-refractivity contribution in [2.24, 2.45) is 5.92 Å². The second-order valence-corrected chi connectivity index (χ2v) is 7.59. The highest BCUT2D eigenvalue weighted by atomic mass is 16.2. The van der Waals surface area contributed by atoms with E-state index in [0.29, 0.717) is 37.8 Å². The van der Waals surface area contributed by atoms with Crippen LogP contribution in [0.2, 0.25) is 0 Å². The van der Waals surface area contributed by atoms with Crippen LogP contribution in [-0.4, -0.2) is 32.8 Å². The molecule has 2 heterocycles. The molecule has 6 nitrogen and oxygen atoms in total. The second-order valence-electron chi connectivity index (χ2n) is 7.59. The van der Waals surface area contributed by atoms with Gasteiger partial charge in [-0.25, -0.2) is 4.98 Å². The quantitative estimate of drug-likeness (QED) is 0.855. The standard InChI is InChI=1S/C21H26N4O2/c26-19(12-16-6-4-5-7-16)22-13-18-15-24-10-11-25(21(27)20(24)23-18)14-17-8-2-1-3-9-17/h1-3,8-9,15-16H,4-7,10-14H2,(H,22,26). The van der Waals surface area contributed by atoms with Crippen molar-refractivity contribution < 1.29 is 9.59 Å². The molecule has 1 aliphatic heterocycles. The molecule has 0 saturated heterocycles. The first kappa shape index (κ1) is 17.8. The first-order valence-corrected chi connectivity index (χ1v) is 9.85. The van der Waals surface area contributed by atoms with Gasteiger partial charge in [-0.1, -0.05) is 43.2 Å². The third kappa shape index (κ3) is 4.21. The maximum absolute atomic E-state index is 12.8. The molecule has 6 heteroatoms. The Morgan fingerprint density at radius 2 is 1.93 bits per heavy atom. The van der Waals surface area contributed by atoms with Gasteiger partial charge in [-0.2, -0.15) is 0 Å². The molecular weight excluding hydrogens is 340 g/mol. The minimum Gasteiger partial charge on any atom is -0.350 e. The molecule has 2 aromatic rings. The van der Waals surface area contributed by atoms with Gasteiger partial charge in [0, 0.05) is 32.3 Å². The lowest BCUT2D eigenvalue weighted by atomic mass is 10.0.